The van der Waals surface area contributed by atoms with Crippen LogP contribution >= 0.6 is 12.2 Å². The van der Waals surface area contributed by atoms with Crippen molar-refractivity contribution in [3.63, 3.8) is 0 Å². The van der Waals surface area contributed by atoms with Crippen LogP contribution in [0.15, 0.2) is 29.5 Å². The Labute approximate surface area is 153 Å². The molecule has 2 rings (SSSR count). The SMILES string of the molecule is CCCCOC(=O)C1=C(C)NC(=S)NC1c1cc(OC)ccc1OC. The minimum atomic E-state index is -0.479. The van der Waals surface area contributed by atoms with E-state index in [0.29, 0.717) is 34.5 Å². The summed E-state index contributed by atoms with van der Waals surface area (Å²) in [6.07, 6.45) is 1.78. The molecule has 1 unspecified atom stereocenters. The molecule has 1 aromatic rings. The highest BCUT2D eigenvalue weighted by molar-refractivity contribution is 7.80. The Bertz CT molecular complexity index is 688. The molecular formula is C18H24N2O4S. The first-order chi connectivity index (χ1) is 12.0. The fraction of sp³-hybridized carbons (Fsp3) is 0.444. The molecule has 6 nitrogen and oxygen atoms in total. The van der Waals surface area contributed by atoms with E-state index >= 15 is 0 Å². The molecule has 0 spiro atoms. The van der Waals surface area contributed by atoms with Gasteiger partial charge in [-0.2, -0.15) is 0 Å². The molecule has 136 valence electrons. The van der Waals surface area contributed by atoms with Gasteiger partial charge in [-0.05, 0) is 43.8 Å². The number of ether oxygens (including phenoxy) is 3. The quantitative estimate of drug-likeness (QED) is 0.438. The van der Waals surface area contributed by atoms with Gasteiger partial charge in [-0.3, -0.25) is 0 Å². The predicted octanol–water partition coefficient (Wildman–Crippen LogP) is 2.84. The monoisotopic (exact) mass is 364 g/mol. The number of methoxy groups -OCH3 is 2. The van der Waals surface area contributed by atoms with Crippen LogP contribution in [0.5, 0.6) is 11.5 Å². The van der Waals surface area contributed by atoms with Gasteiger partial charge in [-0.1, -0.05) is 13.3 Å². The average Bonchev–Trinajstić information content (AvgIpc) is 2.60. The maximum Gasteiger partial charge on any atom is 0.338 e. The molecule has 0 saturated carbocycles. The topological polar surface area (TPSA) is 68.8 Å². The van der Waals surface area contributed by atoms with Gasteiger partial charge in [0.15, 0.2) is 5.11 Å². The highest BCUT2D eigenvalue weighted by Gasteiger charge is 2.33. The van der Waals surface area contributed by atoms with Crippen molar-refractivity contribution < 1.29 is 19.0 Å². The Morgan fingerprint density at radius 2 is 2.04 bits per heavy atom. The van der Waals surface area contributed by atoms with Crippen LogP contribution in [0, 0.1) is 0 Å². The molecular weight excluding hydrogens is 340 g/mol. The average molecular weight is 364 g/mol. The van der Waals surface area contributed by atoms with Crippen molar-refractivity contribution in [2.45, 2.75) is 32.7 Å². The zero-order valence-corrected chi connectivity index (χ0v) is 15.8. The largest absolute Gasteiger partial charge is 0.497 e. The summed E-state index contributed by atoms with van der Waals surface area (Å²) in [5.41, 5.74) is 1.91. The Morgan fingerprint density at radius 3 is 2.68 bits per heavy atom. The van der Waals surface area contributed by atoms with Gasteiger partial charge in [-0.25, -0.2) is 4.79 Å². The van der Waals surface area contributed by atoms with E-state index in [4.69, 9.17) is 26.4 Å². The maximum atomic E-state index is 12.7. The minimum absolute atomic E-state index is 0.372. The first-order valence-corrected chi connectivity index (χ1v) is 8.60. The van der Waals surface area contributed by atoms with Crippen LogP contribution < -0.4 is 20.1 Å². The highest BCUT2D eigenvalue weighted by atomic mass is 32.1. The van der Waals surface area contributed by atoms with E-state index < -0.39 is 6.04 Å². The van der Waals surface area contributed by atoms with Gasteiger partial charge in [0.25, 0.3) is 0 Å². The number of nitrogens with one attached hydrogen (secondary N) is 2. The molecule has 0 radical (unpaired) electrons. The molecule has 1 aromatic carbocycles. The predicted molar refractivity (Wildman–Crippen MR) is 99.7 cm³/mol. The molecule has 0 aliphatic carbocycles. The molecule has 1 aliphatic rings. The molecule has 0 saturated heterocycles. The third-order valence-electron chi connectivity index (χ3n) is 3.97. The van der Waals surface area contributed by atoms with Crippen molar-refractivity contribution in [2.24, 2.45) is 0 Å². The lowest BCUT2D eigenvalue weighted by molar-refractivity contribution is -0.139. The van der Waals surface area contributed by atoms with Crippen LogP contribution in [-0.4, -0.2) is 31.9 Å². The van der Waals surface area contributed by atoms with Crippen molar-refractivity contribution in [1.82, 2.24) is 10.6 Å². The van der Waals surface area contributed by atoms with E-state index in [2.05, 4.69) is 10.6 Å². The molecule has 1 aliphatic heterocycles. The van der Waals surface area contributed by atoms with E-state index in [9.17, 15) is 4.79 Å². The number of unbranched alkanes of at least 4 members (excludes halogenated alkanes) is 1. The Kier molecular flexibility index (Phi) is 6.64. The molecule has 7 heteroatoms. The number of carbonyl (C=O) groups is 1. The Morgan fingerprint density at radius 1 is 1.28 bits per heavy atom. The van der Waals surface area contributed by atoms with Crippen molar-refractivity contribution in [1.29, 1.82) is 0 Å². The van der Waals surface area contributed by atoms with Gasteiger partial charge in [0.2, 0.25) is 0 Å². The minimum Gasteiger partial charge on any atom is -0.497 e. The molecule has 0 aromatic heterocycles. The second kappa shape index (κ2) is 8.71. The van der Waals surface area contributed by atoms with Crippen molar-refractivity contribution in [3.05, 3.63) is 35.0 Å². The van der Waals surface area contributed by atoms with Crippen LogP contribution in [0.25, 0.3) is 0 Å². The summed E-state index contributed by atoms with van der Waals surface area (Å²) in [6, 6.07) is 4.96. The number of benzene rings is 1. The second-order valence-electron chi connectivity index (χ2n) is 5.67. The number of allylic oxidation sites excluding steroid dienone is 1. The van der Waals surface area contributed by atoms with E-state index in [1.807, 2.05) is 19.9 Å². The number of hydrogen-bond donors (Lipinski definition) is 2. The lowest BCUT2D eigenvalue weighted by atomic mass is 9.94. The summed E-state index contributed by atoms with van der Waals surface area (Å²) < 4.78 is 16.2. The lowest BCUT2D eigenvalue weighted by Crippen LogP contribution is -2.45. The van der Waals surface area contributed by atoms with Crippen molar-refractivity contribution >= 4 is 23.3 Å². The second-order valence-corrected chi connectivity index (χ2v) is 6.08. The summed E-state index contributed by atoms with van der Waals surface area (Å²) in [7, 11) is 3.17. The summed E-state index contributed by atoms with van der Waals surface area (Å²) in [6.45, 7) is 4.24. The number of hydrogen-bond acceptors (Lipinski definition) is 5. The van der Waals surface area contributed by atoms with Crippen LogP contribution in [0.4, 0.5) is 0 Å². The van der Waals surface area contributed by atoms with E-state index in [1.54, 1.807) is 26.4 Å². The molecule has 1 atom stereocenters. The molecule has 0 fully saturated rings. The van der Waals surface area contributed by atoms with E-state index in [-0.39, 0.29) is 5.97 Å². The van der Waals surface area contributed by atoms with Gasteiger partial charge in [0.1, 0.15) is 11.5 Å². The fourth-order valence-electron chi connectivity index (χ4n) is 2.65. The van der Waals surface area contributed by atoms with Crippen molar-refractivity contribution in [2.75, 3.05) is 20.8 Å². The third-order valence-corrected chi connectivity index (χ3v) is 4.19. The van der Waals surface area contributed by atoms with Crippen LogP contribution in [0.2, 0.25) is 0 Å². The maximum absolute atomic E-state index is 12.7. The first-order valence-electron chi connectivity index (χ1n) is 8.19. The Hall–Kier alpha value is -2.28. The third kappa shape index (κ3) is 4.42. The standard InChI is InChI=1S/C18H24N2O4S/c1-5-6-9-24-17(21)15-11(2)19-18(25)20-16(15)13-10-12(22-3)7-8-14(13)23-4/h7-8,10,16H,5-6,9H2,1-4H3,(H2,19,20,25). The van der Waals surface area contributed by atoms with Crippen LogP contribution in [0.3, 0.4) is 0 Å². The fourth-order valence-corrected chi connectivity index (χ4v) is 2.92. The van der Waals surface area contributed by atoms with Crippen LogP contribution in [-0.2, 0) is 9.53 Å². The molecule has 0 amide bonds. The highest BCUT2D eigenvalue weighted by Crippen LogP contribution is 2.35. The molecule has 25 heavy (non-hydrogen) atoms. The number of carbonyl (C=O) groups excluding carboxylic acids is 1. The smallest absolute Gasteiger partial charge is 0.338 e. The van der Waals surface area contributed by atoms with Crippen LogP contribution in [0.1, 0.15) is 38.3 Å². The zero-order valence-electron chi connectivity index (χ0n) is 15.0. The van der Waals surface area contributed by atoms with Crippen molar-refractivity contribution in [3.8, 4) is 11.5 Å². The van der Waals surface area contributed by atoms with Gasteiger partial charge in [0.05, 0.1) is 32.4 Å². The van der Waals surface area contributed by atoms with E-state index in [1.165, 1.54) is 0 Å². The lowest BCUT2D eigenvalue weighted by Gasteiger charge is -2.30. The van der Waals surface area contributed by atoms with Gasteiger partial charge < -0.3 is 24.8 Å². The number of esters is 1. The zero-order chi connectivity index (χ0) is 18.4. The summed E-state index contributed by atoms with van der Waals surface area (Å²) in [5.74, 6) is 0.927. The van der Waals surface area contributed by atoms with E-state index in [0.717, 1.165) is 18.4 Å². The molecule has 1 heterocycles. The number of thiocarbonyl (C=S) groups is 1. The normalized spacial score (nSPS) is 16.8. The summed E-state index contributed by atoms with van der Waals surface area (Å²) in [5, 5.41) is 6.57. The first kappa shape index (κ1) is 19.1. The van der Waals surface area contributed by atoms with Gasteiger partial charge in [0, 0.05) is 11.3 Å². The molecule has 2 N–H and O–H groups in total. The Balaban J connectivity index is 2.44. The number of rotatable bonds is 7. The van der Waals surface area contributed by atoms with Gasteiger partial charge >= 0.3 is 5.97 Å². The summed E-state index contributed by atoms with van der Waals surface area (Å²) >= 11 is 5.27. The summed E-state index contributed by atoms with van der Waals surface area (Å²) in [4.78, 5) is 12.7. The molecule has 0 bridgehead atoms. The van der Waals surface area contributed by atoms with Gasteiger partial charge in [-0.15, -0.1) is 0 Å².